The molecule has 1 aromatic rings. The lowest BCUT2D eigenvalue weighted by Gasteiger charge is -2.32. The molecule has 2 heterocycles. The Balaban J connectivity index is 1.49. The molecule has 29 heavy (non-hydrogen) atoms. The number of carboxylic acid groups (broad SMARTS) is 1. The summed E-state index contributed by atoms with van der Waals surface area (Å²) in [5.74, 6) is -0.289. The van der Waals surface area contributed by atoms with Gasteiger partial charge >= 0.3 is 12.1 Å². The zero-order valence-electron chi connectivity index (χ0n) is 16.6. The third-order valence-electron chi connectivity index (χ3n) is 6.82. The number of amides is 2. The predicted octanol–water partition coefficient (Wildman–Crippen LogP) is 2.89. The van der Waals surface area contributed by atoms with Gasteiger partial charge in [0.1, 0.15) is 12.6 Å². The second kappa shape index (κ2) is 8.05. The van der Waals surface area contributed by atoms with Crippen molar-refractivity contribution in [1.82, 2.24) is 9.80 Å². The van der Waals surface area contributed by atoms with Crippen molar-refractivity contribution in [3.8, 4) is 0 Å². The highest BCUT2D eigenvalue weighted by Gasteiger charge is 2.55. The fourth-order valence-corrected chi connectivity index (χ4v) is 5.19. The zero-order valence-corrected chi connectivity index (χ0v) is 16.6. The van der Waals surface area contributed by atoms with Gasteiger partial charge in [0.25, 0.3) is 0 Å². The molecule has 2 atom stereocenters. The molecular formula is C22H28N2O5. The molecule has 2 amide bonds. The maximum Gasteiger partial charge on any atom is 0.407 e. The number of nitrogens with zero attached hydrogens (tertiary/aromatic N) is 2. The molecule has 1 N–H and O–H groups in total. The molecule has 3 aliphatic rings. The molecule has 2 saturated heterocycles. The molecule has 1 aliphatic carbocycles. The summed E-state index contributed by atoms with van der Waals surface area (Å²) in [6.07, 6.45) is 4.12. The highest BCUT2D eigenvalue weighted by molar-refractivity contribution is 5.91. The van der Waals surface area contributed by atoms with Gasteiger partial charge in [-0.15, -0.1) is 0 Å². The lowest BCUT2D eigenvalue weighted by molar-refractivity contribution is -0.159. The van der Waals surface area contributed by atoms with Crippen LogP contribution in [0, 0.1) is 11.3 Å². The van der Waals surface area contributed by atoms with Crippen molar-refractivity contribution in [2.45, 2.75) is 51.2 Å². The predicted molar refractivity (Wildman–Crippen MR) is 105 cm³/mol. The molecule has 1 saturated carbocycles. The van der Waals surface area contributed by atoms with Crippen LogP contribution in [0.15, 0.2) is 30.3 Å². The van der Waals surface area contributed by atoms with Gasteiger partial charge in [0.15, 0.2) is 0 Å². The second-order valence-electron chi connectivity index (χ2n) is 8.57. The number of carbonyl (C=O) groups is 3. The van der Waals surface area contributed by atoms with Crippen LogP contribution in [0.2, 0.25) is 0 Å². The number of likely N-dealkylation sites (tertiary alicyclic amines) is 2. The van der Waals surface area contributed by atoms with Gasteiger partial charge < -0.3 is 19.6 Å². The summed E-state index contributed by atoms with van der Waals surface area (Å²) in [5.41, 5.74) is 0.248. The van der Waals surface area contributed by atoms with E-state index in [-0.39, 0.29) is 30.9 Å². The van der Waals surface area contributed by atoms with E-state index in [4.69, 9.17) is 4.74 Å². The lowest BCUT2D eigenvalue weighted by atomic mass is 9.85. The van der Waals surface area contributed by atoms with Gasteiger partial charge in [-0.05, 0) is 37.2 Å². The van der Waals surface area contributed by atoms with Crippen LogP contribution in [0.3, 0.4) is 0 Å². The molecule has 0 radical (unpaired) electrons. The highest BCUT2D eigenvalue weighted by atomic mass is 16.5. The van der Waals surface area contributed by atoms with Gasteiger partial charge in [0.05, 0.1) is 5.41 Å². The van der Waals surface area contributed by atoms with E-state index in [0.717, 1.165) is 31.2 Å². The Hall–Kier alpha value is -2.57. The van der Waals surface area contributed by atoms with Crippen molar-refractivity contribution in [3.05, 3.63) is 35.9 Å². The second-order valence-corrected chi connectivity index (χ2v) is 8.57. The minimum atomic E-state index is -0.984. The first-order valence-electron chi connectivity index (χ1n) is 10.5. The normalized spacial score (nSPS) is 25.7. The van der Waals surface area contributed by atoms with Gasteiger partial charge in [0.2, 0.25) is 5.91 Å². The van der Waals surface area contributed by atoms with E-state index in [0.29, 0.717) is 25.9 Å². The number of carbonyl (C=O) groups excluding carboxylic acids is 2. The molecule has 0 unspecified atom stereocenters. The van der Waals surface area contributed by atoms with Gasteiger partial charge in [-0.25, -0.2) is 9.59 Å². The van der Waals surface area contributed by atoms with Gasteiger partial charge in [-0.1, -0.05) is 43.2 Å². The number of hydrogen-bond donors (Lipinski definition) is 1. The Morgan fingerprint density at radius 2 is 1.83 bits per heavy atom. The Morgan fingerprint density at radius 3 is 2.48 bits per heavy atom. The van der Waals surface area contributed by atoms with Crippen LogP contribution in [0.5, 0.6) is 0 Å². The molecule has 3 fully saturated rings. The minimum absolute atomic E-state index is 0.0742. The van der Waals surface area contributed by atoms with Crippen LogP contribution in [0.1, 0.15) is 44.1 Å². The highest BCUT2D eigenvalue weighted by Crippen LogP contribution is 2.43. The van der Waals surface area contributed by atoms with Crippen LogP contribution in [-0.2, 0) is 20.9 Å². The van der Waals surface area contributed by atoms with Crippen molar-refractivity contribution in [1.29, 1.82) is 0 Å². The van der Waals surface area contributed by atoms with E-state index in [1.54, 1.807) is 4.90 Å². The molecule has 4 rings (SSSR count). The SMILES string of the molecule is O=C(OCc1ccccc1)[C@H](C1CCCC1)N1CC[C@]2(CCN(C(=O)O)C2)C1=O. The number of esters is 1. The smallest absolute Gasteiger partial charge is 0.407 e. The van der Waals surface area contributed by atoms with Gasteiger partial charge in [-0.2, -0.15) is 0 Å². The van der Waals surface area contributed by atoms with Gasteiger partial charge in [0, 0.05) is 19.6 Å². The fourth-order valence-electron chi connectivity index (χ4n) is 5.19. The third kappa shape index (κ3) is 3.82. The maximum absolute atomic E-state index is 13.4. The van der Waals surface area contributed by atoms with Crippen molar-refractivity contribution in [3.63, 3.8) is 0 Å². The molecule has 1 spiro atoms. The molecule has 7 heteroatoms. The van der Waals surface area contributed by atoms with E-state index in [1.807, 2.05) is 30.3 Å². The average Bonchev–Trinajstić information content (AvgIpc) is 3.46. The lowest BCUT2D eigenvalue weighted by Crippen LogP contribution is -2.49. The summed E-state index contributed by atoms with van der Waals surface area (Å²) in [6, 6.07) is 8.97. The number of benzene rings is 1. The van der Waals surface area contributed by atoms with Crippen LogP contribution in [0.4, 0.5) is 4.79 Å². The van der Waals surface area contributed by atoms with Crippen molar-refractivity contribution >= 4 is 18.0 Å². The summed E-state index contributed by atoms with van der Waals surface area (Å²) in [6.45, 7) is 1.30. The van der Waals surface area contributed by atoms with Crippen LogP contribution in [0.25, 0.3) is 0 Å². The topological polar surface area (TPSA) is 87.2 Å². The Labute approximate surface area is 170 Å². The number of ether oxygens (including phenoxy) is 1. The average molecular weight is 400 g/mol. The number of rotatable bonds is 5. The fraction of sp³-hybridized carbons (Fsp3) is 0.591. The first-order chi connectivity index (χ1) is 14.0. The summed E-state index contributed by atoms with van der Waals surface area (Å²) in [4.78, 5) is 40.8. The minimum Gasteiger partial charge on any atom is -0.465 e. The van der Waals surface area contributed by atoms with Crippen LogP contribution < -0.4 is 0 Å². The Morgan fingerprint density at radius 1 is 1.14 bits per heavy atom. The maximum atomic E-state index is 13.4. The van der Waals surface area contributed by atoms with Crippen LogP contribution >= 0.6 is 0 Å². The van der Waals surface area contributed by atoms with E-state index in [2.05, 4.69) is 0 Å². The summed E-state index contributed by atoms with van der Waals surface area (Å²) in [5, 5.41) is 9.28. The Bertz CT molecular complexity index is 777. The van der Waals surface area contributed by atoms with E-state index >= 15 is 0 Å². The van der Waals surface area contributed by atoms with Crippen molar-refractivity contribution in [2.24, 2.45) is 11.3 Å². The van der Waals surface area contributed by atoms with E-state index < -0.39 is 17.6 Å². The van der Waals surface area contributed by atoms with Crippen molar-refractivity contribution in [2.75, 3.05) is 19.6 Å². The monoisotopic (exact) mass is 400 g/mol. The Kier molecular flexibility index (Phi) is 5.48. The summed E-state index contributed by atoms with van der Waals surface area (Å²) >= 11 is 0. The molecule has 0 bridgehead atoms. The molecular weight excluding hydrogens is 372 g/mol. The molecule has 156 valence electrons. The largest absolute Gasteiger partial charge is 0.465 e. The molecule has 7 nitrogen and oxygen atoms in total. The molecule has 2 aliphatic heterocycles. The van der Waals surface area contributed by atoms with Gasteiger partial charge in [-0.3, -0.25) is 4.79 Å². The summed E-state index contributed by atoms with van der Waals surface area (Å²) in [7, 11) is 0. The first-order valence-corrected chi connectivity index (χ1v) is 10.5. The molecule has 1 aromatic carbocycles. The molecule has 0 aromatic heterocycles. The van der Waals surface area contributed by atoms with E-state index in [9.17, 15) is 19.5 Å². The standard InChI is InChI=1S/C22H28N2O5/c25-19(29-14-16-6-2-1-3-7-16)18(17-8-4-5-9-17)24-13-11-22(20(24)26)10-12-23(15-22)21(27)28/h1-3,6-7,17-18H,4-5,8-15H2,(H,27,28)/t18-,22-/m0/s1. The first kappa shape index (κ1) is 19.7. The summed E-state index contributed by atoms with van der Waals surface area (Å²) < 4.78 is 5.64. The third-order valence-corrected chi connectivity index (χ3v) is 6.82. The quantitative estimate of drug-likeness (QED) is 0.768. The zero-order chi connectivity index (χ0) is 20.4. The van der Waals surface area contributed by atoms with E-state index in [1.165, 1.54) is 4.90 Å². The van der Waals surface area contributed by atoms with Crippen molar-refractivity contribution < 1.29 is 24.2 Å². The number of hydrogen-bond acceptors (Lipinski definition) is 4. The van der Waals surface area contributed by atoms with Crippen LogP contribution in [-0.4, -0.2) is 58.6 Å².